The predicted octanol–water partition coefficient (Wildman–Crippen LogP) is 1.09. The molecule has 1 aromatic rings. The van der Waals surface area contributed by atoms with Crippen LogP contribution in [-0.4, -0.2) is 50.7 Å². The Labute approximate surface area is 152 Å². The minimum atomic E-state index is -0.751. The van der Waals surface area contributed by atoms with Crippen LogP contribution in [0.2, 0.25) is 0 Å². The Bertz CT molecular complexity index is 693. The normalized spacial score (nSPS) is 29.5. The van der Waals surface area contributed by atoms with E-state index in [1.165, 1.54) is 0 Å². The van der Waals surface area contributed by atoms with Crippen LogP contribution in [0.5, 0.6) is 0 Å². The third-order valence-corrected chi connectivity index (χ3v) is 5.69. The lowest BCUT2D eigenvalue weighted by molar-refractivity contribution is -0.142. The third-order valence-electron chi connectivity index (χ3n) is 5.69. The highest BCUT2D eigenvalue weighted by atomic mass is 16.4. The van der Waals surface area contributed by atoms with E-state index >= 15 is 0 Å². The molecule has 0 bridgehead atoms. The minimum Gasteiger partial charge on any atom is -0.481 e. The fourth-order valence-corrected chi connectivity index (χ4v) is 4.15. The number of carbonyl (C=O) groups excluding carboxylic acids is 2. The SMILES string of the molecule is CN1C(=O)CCC(C(=O)NC2CCC(C(=O)O)CC2)C1c1cnn(C)c1. The van der Waals surface area contributed by atoms with Gasteiger partial charge in [0.15, 0.2) is 0 Å². The van der Waals surface area contributed by atoms with Crippen molar-refractivity contribution in [2.45, 2.75) is 50.6 Å². The fourth-order valence-electron chi connectivity index (χ4n) is 4.15. The lowest BCUT2D eigenvalue weighted by Crippen LogP contribution is -2.49. The van der Waals surface area contributed by atoms with Crippen molar-refractivity contribution < 1.29 is 19.5 Å². The van der Waals surface area contributed by atoms with E-state index in [2.05, 4.69) is 10.4 Å². The van der Waals surface area contributed by atoms with Gasteiger partial charge in [-0.15, -0.1) is 0 Å². The van der Waals surface area contributed by atoms with Crippen LogP contribution in [0.1, 0.15) is 50.1 Å². The first-order valence-electron chi connectivity index (χ1n) is 9.14. The summed E-state index contributed by atoms with van der Waals surface area (Å²) < 4.78 is 1.67. The standard InChI is InChI=1S/C18H26N4O4/c1-21-10-12(9-19-21)16-14(7-8-15(23)22(16)2)17(24)20-13-5-3-11(4-6-13)18(25)26/h9-11,13-14,16H,3-8H2,1-2H3,(H,20,24)(H,25,26). The van der Waals surface area contributed by atoms with Gasteiger partial charge < -0.3 is 15.3 Å². The van der Waals surface area contributed by atoms with Crippen molar-refractivity contribution in [2.75, 3.05) is 7.05 Å². The second-order valence-electron chi connectivity index (χ2n) is 7.44. The summed E-state index contributed by atoms with van der Waals surface area (Å²) in [5, 5.41) is 16.4. The Morgan fingerprint density at radius 1 is 1.19 bits per heavy atom. The van der Waals surface area contributed by atoms with Crippen molar-refractivity contribution in [2.24, 2.45) is 18.9 Å². The van der Waals surface area contributed by atoms with Crippen LogP contribution in [0.15, 0.2) is 12.4 Å². The largest absolute Gasteiger partial charge is 0.481 e. The second-order valence-corrected chi connectivity index (χ2v) is 7.44. The summed E-state index contributed by atoms with van der Waals surface area (Å²) in [6.07, 6.45) is 6.97. The molecule has 2 unspecified atom stereocenters. The van der Waals surface area contributed by atoms with E-state index < -0.39 is 5.97 Å². The number of hydrogen-bond acceptors (Lipinski definition) is 4. The predicted molar refractivity (Wildman–Crippen MR) is 93.0 cm³/mol. The van der Waals surface area contributed by atoms with Crippen molar-refractivity contribution in [3.8, 4) is 0 Å². The summed E-state index contributed by atoms with van der Waals surface area (Å²) in [7, 11) is 3.54. The molecule has 1 saturated carbocycles. The Balaban J connectivity index is 1.68. The average Bonchev–Trinajstić information content (AvgIpc) is 3.03. The van der Waals surface area contributed by atoms with Crippen LogP contribution in [0.4, 0.5) is 0 Å². The Morgan fingerprint density at radius 2 is 1.88 bits per heavy atom. The van der Waals surface area contributed by atoms with Gasteiger partial charge in [-0.05, 0) is 32.1 Å². The fraction of sp³-hybridized carbons (Fsp3) is 0.667. The number of nitrogens with zero attached hydrogens (tertiary/aromatic N) is 3. The molecule has 0 aromatic carbocycles. The Hall–Kier alpha value is -2.38. The van der Waals surface area contributed by atoms with Gasteiger partial charge in [0.2, 0.25) is 11.8 Å². The number of aliphatic carboxylic acids is 1. The molecule has 0 spiro atoms. The van der Waals surface area contributed by atoms with Crippen LogP contribution in [0.25, 0.3) is 0 Å². The van der Waals surface area contributed by atoms with Gasteiger partial charge in [0.05, 0.1) is 24.1 Å². The maximum atomic E-state index is 12.9. The highest BCUT2D eigenvalue weighted by molar-refractivity contribution is 5.85. The van der Waals surface area contributed by atoms with Crippen LogP contribution in [0.3, 0.4) is 0 Å². The van der Waals surface area contributed by atoms with E-state index in [1.54, 1.807) is 22.8 Å². The zero-order valence-corrected chi connectivity index (χ0v) is 15.2. The van der Waals surface area contributed by atoms with Gasteiger partial charge in [0, 0.05) is 38.3 Å². The van der Waals surface area contributed by atoms with Crippen molar-refractivity contribution in [3.63, 3.8) is 0 Å². The molecule has 8 nitrogen and oxygen atoms in total. The molecule has 1 aliphatic carbocycles. The molecule has 142 valence electrons. The van der Waals surface area contributed by atoms with Crippen LogP contribution in [-0.2, 0) is 21.4 Å². The molecule has 2 aliphatic rings. The molecule has 2 amide bonds. The van der Waals surface area contributed by atoms with E-state index in [1.807, 2.05) is 13.2 Å². The summed E-state index contributed by atoms with van der Waals surface area (Å²) in [5.74, 6) is -1.40. The number of hydrogen-bond donors (Lipinski definition) is 2. The van der Waals surface area contributed by atoms with E-state index in [0.29, 0.717) is 38.5 Å². The molecule has 26 heavy (non-hydrogen) atoms. The number of nitrogens with one attached hydrogen (secondary N) is 1. The number of carboxylic acids is 1. The topological polar surface area (TPSA) is 105 Å². The van der Waals surface area contributed by atoms with Gasteiger partial charge in [0.1, 0.15) is 0 Å². The number of aryl methyl sites for hydroxylation is 1. The number of aromatic nitrogens is 2. The number of carbonyl (C=O) groups is 3. The van der Waals surface area contributed by atoms with Gasteiger partial charge in [-0.2, -0.15) is 5.10 Å². The third kappa shape index (κ3) is 3.73. The van der Waals surface area contributed by atoms with Crippen LogP contribution >= 0.6 is 0 Å². The Kier molecular flexibility index (Phi) is 5.29. The number of piperidine rings is 1. The van der Waals surface area contributed by atoms with Crippen LogP contribution < -0.4 is 5.32 Å². The van der Waals surface area contributed by atoms with Gasteiger partial charge in [0.25, 0.3) is 0 Å². The Morgan fingerprint density at radius 3 is 2.46 bits per heavy atom. The first-order valence-corrected chi connectivity index (χ1v) is 9.14. The van der Waals surface area contributed by atoms with E-state index in [0.717, 1.165) is 5.56 Å². The number of rotatable bonds is 4. The van der Waals surface area contributed by atoms with Gasteiger partial charge in [-0.25, -0.2) is 0 Å². The highest BCUT2D eigenvalue weighted by Crippen LogP contribution is 2.36. The number of likely N-dealkylation sites (tertiary alicyclic amines) is 1. The molecular weight excluding hydrogens is 336 g/mol. The smallest absolute Gasteiger partial charge is 0.306 e. The number of carboxylic acid groups (broad SMARTS) is 1. The molecule has 2 atom stereocenters. The lowest BCUT2D eigenvalue weighted by Gasteiger charge is -2.38. The molecule has 1 aliphatic heterocycles. The maximum Gasteiger partial charge on any atom is 0.306 e. The molecule has 0 radical (unpaired) electrons. The molecule has 1 saturated heterocycles. The van der Waals surface area contributed by atoms with Crippen molar-refractivity contribution >= 4 is 17.8 Å². The zero-order chi connectivity index (χ0) is 18.8. The maximum absolute atomic E-state index is 12.9. The van der Waals surface area contributed by atoms with Gasteiger partial charge in [-0.1, -0.05) is 0 Å². The molecule has 2 heterocycles. The summed E-state index contributed by atoms with van der Waals surface area (Å²) >= 11 is 0. The van der Waals surface area contributed by atoms with E-state index in [-0.39, 0.29) is 35.7 Å². The van der Waals surface area contributed by atoms with Crippen molar-refractivity contribution in [1.82, 2.24) is 20.0 Å². The summed E-state index contributed by atoms with van der Waals surface area (Å²) in [6.45, 7) is 0. The van der Waals surface area contributed by atoms with Crippen molar-refractivity contribution in [1.29, 1.82) is 0 Å². The van der Waals surface area contributed by atoms with E-state index in [9.17, 15) is 14.4 Å². The molecule has 2 fully saturated rings. The minimum absolute atomic E-state index is 0.00980. The summed E-state index contributed by atoms with van der Waals surface area (Å²) in [5.41, 5.74) is 0.859. The van der Waals surface area contributed by atoms with Crippen molar-refractivity contribution in [3.05, 3.63) is 18.0 Å². The molecule has 1 aromatic heterocycles. The number of amides is 2. The highest BCUT2D eigenvalue weighted by Gasteiger charge is 2.40. The molecule has 3 rings (SSSR count). The second kappa shape index (κ2) is 7.47. The van der Waals surface area contributed by atoms with Crippen LogP contribution in [0, 0.1) is 11.8 Å². The molecule has 8 heteroatoms. The molecule has 2 N–H and O–H groups in total. The summed E-state index contributed by atoms with van der Waals surface area (Å²) in [4.78, 5) is 37.8. The van der Waals surface area contributed by atoms with Gasteiger partial charge in [-0.3, -0.25) is 19.1 Å². The zero-order valence-electron chi connectivity index (χ0n) is 15.2. The first-order chi connectivity index (χ1) is 12.4. The average molecular weight is 362 g/mol. The summed E-state index contributed by atoms with van der Waals surface area (Å²) in [6, 6.07) is -0.309. The monoisotopic (exact) mass is 362 g/mol. The first kappa shape index (κ1) is 18.4. The van der Waals surface area contributed by atoms with E-state index in [4.69, 9.17) is 5.11 Å². The quantitative estimate of drug-likeness (QED) is 0.834. The van der Waals surface area contributed by atoms with Gasteiger partial charge >= 0.3 is 5.97 Å². The molecular formula is C18H26N4O4. The lowest BCUT2D eigenvalue weighted by atomic mass is 9.83.